The zero-order valence-electron chi connectivity index (χ0n) is 5.39. The Morgan fingerprint density at radius 2 is 2.67 bits per heavy atom. The molecule has 0 aromatic rings. The third kappa shape index (κ3) is 1.31. The van der Waals surface area contributed by atoms with Crippen LogP contribution in [0.3, 0.4) is 0 Å². The molecule has 0 aromatic heterocycles. The van der Waals surface area contributed by atoms with Crippen LogP contribution in [0.2, 0.25) is 0 Å². The first-order valence-corrected chi connectivity index (χ1v) is 3.23. The van der Waals surface area contributed by atoms with Gasteiger partial charge in [0.15, 0.2) is 0 Å². The van der Waals surface area contributed by atoms with Crippen LogP contribution in [0.15, 0.2) is 12.7 Å². The van der Waals surface area contributed by atoms with Crippen molar-refractivity contribution in [3.05, 3.63) is 12.7 Å². The van der Waals surface area contributed by atoms with E-state index in [9.17, 15) is 4.79 Å². The molecule has 1 aliphatic rings. The van der Waals surface area contributed by atoms with Crippen LogP contribution < -0.4 is 5.32 Å². The molecule has 1 fully saturated rings. The van der Waals surface area contributed by atoms with Crippen molar-refractivity contribution in [2.24, 2.45) is 5.92 Å². The van der Waals surface area contributed by atoms with Crippen LogP contribution in [-0.2, 0) is 4.79 Å². The molecule has 0 aliphatic carbocycles. The lowest BCUT2D eigenvalue weighted by Crippen LogP contribution is -2.48. The van der Waals surface area contributed by atoms with Gasteiger partial charge in [0.1, 0.15) is 0 Å². The van der Waals surface area contributed by atoms with Gasteiger partial charge in [-0.25, -0.2) is 0 Å². The second-order valence-corrected chi connectivity index (χ2v) is 2.31. The van der Waals surface area contributed by atoms with Crippen molar-refractivity contribution in [3.8, 4) is 0 Å². The third-order valence-corrected chi connectivity index (χ3v) is 1.61. The fourth-order valence-corrected chi connectivity index (χ4v) is 0.882. The number of rotatable bonds is 3. The number of β-lactam (4-membered cyclic amide) rings is 1. The van der Waals surface area contributed by atoms with Gasteiger partial charge in [0.25, 0.3) is 0 Å². The second-order valence-electron chi connectivity index (χ2n) is 2.31. The Morgan fingerprint density at radius 3 is 3.00 bits per heavy atom. The van der Waals surface area contributed by atoms with Crippen LogP contribution >= 0.6 is 0 Å². The predicted octanol–water partition coefficient (Wildman–Crippen LogP) is 0.699. The minimum atomic E-state index is 0.205. The minimum Gasteiger partial charge on any atom is -0.355 e. The normalized spacial score (nSPS) is 24.4. The molecule has 1 heterocycles. The topological polar surface area (TPSA) is 29.1 Å². The Hall–Kier alpha value is -0.790. The highest BCUT2D eigenvalue weighted by molar-refractivity contribution is 5.84. The molecule has 50 valence electrons. The maximum absolute atomic E-state index is 10.6. The fraction of sp³-hybridized carbons (Fsp3) is 0.571. The number of amides is 1. The summed E-state index contributed by atoms with van der Waals surface area (Å²) in [5.41, 5.74) is 0. The van der Waals surface area contributed by atoms with Gasteiger partial charge < -0.3 is 5.32 Å². The zero-order valence-corrected chi connectivity index (χ0v) is 5.39. The molecule has 2 heteroatoms. The van der Waals surface area contributed by atoms with E-state index in [0.29, 0.717) is 0 Å². The summed E-state index contributed by atoms with van der Waals surface area (Å²) in [5.74, 6) is 0.486. The molecule has 1 rings (SSSR count). The van der Waals surface area contributed by atoms with E-state index in [-0.39, 0.29) is 11.8 Å². The first kappa shape index (κ1) is 6.33. The van der Waals surface area contributed by atoms with Crippen molar-refractivity contribution in [2.75, 3.05) is 6.54 Å². The van der Waals surface area contributed by atoms with Crippen LogP contribution in [0.1, 0.15) is 12.8 Å². The summed E-state index contributed by atoms with van der Waals surface area (Å²) in [5, 5.41) is 2.69. The Morgan fingerprint density at radius 1 is 1.89 bits per heavy atom. The van der Waals surface area contributed by atoms with E-state index in [1.165, 1.54) is 0 Å². The summed E-state index contributed by atoms with van der Waals surface area (Å²) in [6, 6.07) is 0. The van der Waals surface area contributed by atoms with Gasteiger partial charge >= 0.3 is 0 Å². The van der Waals surface area contributed by atoms with Crippen molar-refractivity contribution >= 4 is 5.91 Å². The molecule has 0 saturated carbocycles. The Bertz CT molecular complexity index is 131. The molecule has 1 atom stereocenters. The van der Waals surface area contributed by atoms with Gasteiger partial charge in [-0.2, -0.15) is 0 Å². The van der Waals surface area contributed by atoms with Crippen LogP contribution in [0.4, 0.5) is 0 Å². The van der Waals surface area contributed by atoms with Gasteiger partial charge in [-0.1, -0.05) is 6.08 Å². The van der Waals surface area contributed by atoms with Crippen molar-refractivity contribution in [1.82, 2.24) is 5.32 Å². The summed E-state index contributed by atoms with van der Waals surface area (Å²) >= 11 is 0. The maximum atomic E-state index is 10.6. The molecule has 0 spiro atoms. The predicted molar refractivity (Wildman–Crippen MR) is 35.9 cm³/mol. The van der Waals surface area contributed by atoms with E-state index in [0.717, 1.165) is 19.4 Å². The van der Waals surface area contributed by atoms with Crippen LogP contribution in [0, 0.1) is 5.92 Å². The van der Waals surface area contributed by atoms with Crippen molar-refractivity contribution in [2.45, 2.75) is 12.8 Å². The van der Waals surface area contributed by atoms with Gasteiger partial charge in [-0.15, -0.1) is 6.58 Å². The van der Waals surface area contributed by atoms with Gasteiger partial charge in [0.05, 0.1) is 5.92 Å². The molecular weight excluding hydrogens is 114 g/mol. The number of carbonyl (C=O) groups is 1. The summed E-state index contributed by atoms with van der Waals surface area (Å²) in [6.45, 7) is 4.45. The summed E-state index contributed by atoms with van der Waals surface area (Å²) in [4.78, 5) is 10.6. The molecule has 0 radical (unpaired) electrons. The lowest BCUT2D eigenvalue weighted by atomic mass is 9.96. The van der Waals surface area contributed by atoms with E-state index in [4.69, 9.17) is 0 Å². The molecule has 1 saturated heterocycles. The fourth-order valence-electron chi connectivity index (χ4n) is 0.882. The van der Waals surface area contributed by atoms with Gasteiger partial charge in [-0.3, -0.25) is 4.79 Å². The average molecular weight is 125 g/mol. The molecule has 0 bridgehead atoms. The second kappa shape index (κ2) is 2.67. The van der Waals surface area contributed by atoms with E-state index in [1.54, 1.807) is 0 Å². The Kier molecular flexibility index (Phi) is 1.88. The van der Waals surface area contributed by atoms with E-state index in [2.05, 4.69) is 11.9 Å². The maximum Gasteiger partial charge on any atom is 0.224 e. The summed E-state index contributed by atoms with van der Waals surface area (Å²) < 4.78 is 0. The minimum absolute atomic E-state index is 0.205. The van der Waals surface area contributed by atoms with E-state index < -0.39 is 0 Å². The highest BCUT2D eigenvalue weighted by Gasteiger charge is 2.25. The highest BCUT2D eigenvalue weighted by atomic mass is 16.2. The van der Waals surface area contributed by atoms with Crippen molar-refractivity contribution < 1.29 is 4.79 Å². The first-order valence-electron chi connectivity index (χ1n) is 3.23. The molecule has 2 nitrogen and oxygen atoms in total. The third-order valence-electron chi connectivity index (χ3n) is 1.61. The molecule has 1 amide bonds. The number of carbonyl (C=O) groups excluding carboxylic acids is 1. The van der Waals surface area contributed by atoms with Crippen LogP contribution in [-0.4, -0.2) is 12.5 Å². The smallest absolute Gasteiger partial charge is 0.224 e. The van der Waals surface area contributed by atoms with Gasteiger partial charge in [0.2, 0.25) is 5.91 Å². The monoisotopic (exact) mass is 125 g/mol. The molecule has 9 heavy (non-hydrogen) atoms. The highest BCUT2D eigenvalue weighted by Crippen LogP contribution is 2.12. The van der Waals surface area contributed by atoms with Crippen LogP contribution in [0.25, 0.3) is 0 Å². The lowest BCUT2D eigenvalue weighted by molar-refractivity contribution is -0.131. The molecular formula is C7H11NO. The summed E-state index contributed by atoms with van der Waals surface area (Å²) in [7, 11) is 0. The largest absolute Gasteiger partial charge is 0.355 e. The molecule has 1 unspecified atom stereocenters. The van der Waals surface area contributed by atoms with Crippen molar-refractivity contribution in [3.63, 3.8) is 0 Å². The Labute approximate surface area is 54.9 Å². The standard InChI is InChI=1S/C7H11NO/c1-2-3-4-6-5-8-7(6)9/h2,6H,1,3-5H2,(H,8,9). The lowest BCUT2D eigenvalue weighted by Gasteiger charge is -2.24. The van der Waals surface area contributed by atoms with Crippen molar-refractivity contribution in [1.29, 1.82) is 0 Å². The Balaban J connectivity index is 2.13. The molecule has 0 aromatic carbocycles. The number of nitrogens with one attached hydrogen (secondary N) is 1. The number of allylic oxidation sites excluding steroid dienone is 1. The van der Waals surface area contributed by atoms with E-state index in [1.807, 2.05) is 6.08 Å². The number of hydrogen-bond acceptors (Lipinski definition) is 1. The number of hydrogen-bond donors (Lipinski definition) is 1. The zero-order chi connectivity index (χ0) is 6.69. The van der Waals surface area contributed by atoms with Gasteiger partial charge in [-0.05, 0) is 12.8 Å². The van der Waals surface area contributed by atoms with E-state index >= 15 is 0 Å². The SMILES string of the molecule is C=CCCC1CNC1=O. The van der Waals surface area contributed by atoms with Crippen LogP contribution in [0.5, 0.6) is 0 Å². The average Bonchev–Trinajstić information content (AvgIpc) is 1.86. The summed E-state index contributed by atoms with van der Waals surface area (Å²) in [6.07, 6.45) is 3.78. The first-order chi connectivity index (χ1) is 4.34. The van der Waals surface area contributed by atoms with Gasteiger partial charge in [0, 0.05) is 6.54 Å². The molecule has 1 aliphatic heterocycles. The molecule has 1 N–H and O–H groups in total. The quantitative estimate of drug-likeness (QED) is 0.436.